The maximum atomic E-state index is 3.46. The summed E-state index contributed by atoms with van der Waals surface area (Å²) in [7, 11) is 0. The van der Waals surface area contributed by atoms with E-state index in [1.165, 1.54) is 48.7 Å². The Kier molecular flexibility index (Phi) is 4.04. The van der Waals surface area contributed by atoms with Crippen LogP contribution in [0.4, 0.5) is 0 Å². The summed E-state index contributed by atoms with van der Waals surface area (Å²) in [4.78, 5) is 0. The van der Waals surface area contributed by atoms with E-state index < -0.39 is 0 Å². The van der Waals surface area contributed by atoms with Crippen molar-refractivity contribution in [1.82, 2.24) is 0 Å². The number of fused-ring (bicyclic) bond motifs is 2. The fraction of sp³-hybridized carbons (Fsp3) is 0.125. The number of rotatable bonds is 0. The lowest BCUT2D eigenvalue weighted by Crippen LogP contribution is -2.10. The van der Waals surface area contributed by atoms with Crippen molar-refractivity contribution in [2.45, 2.75) is 26.2 Å². The molecule has 32 heavy (non-hydrogen) atoms. The SMILES string of the molecule is CC(C)(C)c1ccc(C#Cc2ccc3c4cccc5cccc(c6cccc2c63)c54)cc1. The summed E-state index contributed by atoms with van der Waals surface area (Å²) in [6, 6.07) is 33.0. The molecule has 0 fully saturated rings. The highest BCUT2D eigenvalue weighted by Gasteiger charge is 2.14. The lowest BCUT2D eigenvalue weighted by atomic mass is 9.87. The third-order valence-electron chi connectivity index (χ3n) is 6.62. The van der Waals surface area contributed by atoms with Crippen LogP contribution in [0.5, 0.6) is 0 Å². The van der Waals surface area contributed by atoms with Gasteiger partial charge in [-0.2, -0.15) is 0 Å². The minimum absolute atomic E-state index is 0.154. The Hall–Kier alpha value is -3.82. The van der Waals surface area contributed by atoms with Gasteiger partial charge in [-0.1, -0.05) is 105 Å². The van der Waals surface area contributed by atoms with Gasteiger partial charge >= 0.3 is 0 Å². The van der Waals surface area contributed by atoms with Crippen molar-refractivity contribution in [2.75, 3.05) is 0 Å². The van der Waals surface area contributed by atoms with Gasteiger partial charge in [0.1, 0.15) is 0 Å². The normalized spacial score (nSPS) is 12.0. The molecule has 0 aromatic heterocycles. The largest absolute Gasteiger partial charge is 0.0616 e. The van der Waals surface area contributed by atoms with E-state index in [2.05, 4.69) is 124 Å². The van der Waals surface area contributed by atoms with Crippen molar-refractivity contribution < 1.29 is 0 Å². The summed E-state index contributed by atoms with van der Waals surface area (Å²) in [6.07, 6.45) is 0. The molecular formula is C32H24. The third-order valence-corrected chi connectivity index (χ3v) is 6.62. The van der Waals surface area contributed by atoms with Crippen molar-refractivity contribution in [1.29, 1.82) is 0 Å². The van der Waals surface area contributed by atoms with Crippen LogP contribution in [0.3, 0.4) is 0 Å². The van der Waals surface area contributed by atoms with E-state index in [0.29, 0.717) is 0 Å². The molecule has 152 valence electrons. The molecule has 0 heteroatoms. The summed E-state index contributed by atoms with van der Waals surface area (Å²) in [6.45, 7) is 6.71. The van der Waals surface area contributed by atoms with Crippen molar-refractivity contribution in [2.24, 2.45) is 0 Å². The van der Waals surface area contributed by atoms with Gasteiger partial charge in [0.05, 0.1) is 0 Å². The first-order chi connectivity index (χ1) is 15.5. The van der Waals surface area contributed by atoms with Gasteiger partial charge < -0.3 is 0 Å². The summed E-state index contributed by atoms with van der Waals surface area (Å²) < 4.78 is 0. The molecular weight excluding hydrogens is 384 g/mol. The smallest absolute Gasteiger partial charge is 0.0328 e. The highest BCUT2D eigenvalue weighted by molar-refractivity contribution is 6.33. The maximum absolute atomic E-state index is 3.46. The van der Waals surface area contributed by atoms with Gasteiger partial charge in [0, 0.05) is 11.1 Å². The summed E-state index contributed by atoms with van der Waals surface area (Å²) in [5.41, 5.74) is 3.62. The van der Waals surface area contributed by atoms with Crippen LogP contribution in [0.15, 0.2) is 91.0 Å². The van der Waals surface area contributed by atoms with E-state index in [4.69, 9.17) is 0 Å². The molecule has 0 bridgehead atoms. The van der Waals surface area contributed by atoms with E-state index in [9.17, 15) is 0 Å². The van der Waals surface area contributed by atoms with Crippen molar-refractivity contribution in [3.63, 3.8) is 0 Å². The van der Waals surface area contributed by atoms with Crippen molar-refractivity contribution in [3.05, 3.63) is 108 Å². The van der Waals surface area contributed by atoms with Crippen molar-refractivity contribution in [3.8, 4) is 11.8 Å². The number of benzene rings is 6. The van der Waals surface area contributed by atoms with Crippen LogP contribution in [0.25, 0.3) is 43.1 Å². The molecule has 0 saturated carbocycles. The monoisotopic (exact) mass is 408 g/mol. The third kappa shape index (κ3) is 2.86. The Morgan fingerprint density at radius 3 is 1.72 bits per heavy atom. The van der Waals surface area contributed by atoms with Crippen molar-refractivity contribution >= 4 is 43.1 Å². The zero-order chi connectivity index (χ0) is 21.9. The molecule has 0 nitrogen and oxygen atoms in total. The van der Waals surface area contributed by atoms with Crippen LogP contribution in [-0.4, -0.2) is 0 Å². The maximum Gasteiger partial charge on any atom is 0.0328 e. The van der Waals surface area contributed by atoms with Crippen LogP contribution in [-0.2, 0) is 5.41 Å². The average molecular weight is 409 g/mol. The topological polar surface area (TPSA) is 0 Å². The second kappa shape index (κ2) is 6.84. The van der Waals surface area contributed by atoms with E-state index in [1.807, 2.05) is 0 Å². The average Bonchev–Trinajstić information content (AvgIpc) is 2.81. The highest BCUT2D eigenvalue weighted by Crippen LogP contribution is 2.40. The molecule has 0 radical (unpaired) electrons. The Labute approximate surface area is 188 Å². The minimum atomic E-state index is 0.154. The molecule has 0 aliphatic heterocycles. The van der Waals surface area contributed by atoms with Crippen LogP contribution >= 0.6 is 0 Å². The van der Waals surface area contributed by atoms with Crippen LogP contribution < -0.4 is 0 Å². The quantitative estimate of drug-likeness (QED) is 0.134. The Balaban J connectivity index is 1.58. The first-order valence-corrected chi connectivity index (χ1v) is 11.2. The molecule has 0 unspecified atom stereocenters. The standard InChI is InChI=1S/C32H24/c1-32(2,3)24-18-14-21(15-19-24)13-16-22-17-20-29-27-11-5-8-23-7-4-10-26(30(23)27)28-12-6-9-25(22)31(28)29/h4-12,14-15,17-20H,1-3H3. The van der Waals surface area contributed by atoms with Crippen LogP contribution in [0.2, 0.25) is 0 Å². The predicted octanol–water partition coefficient (Wildman–Crippen LogP) is 8.43. The molecule has 6 rings (SSSR count). The van der Waals surface area contributed by atoms with E-state index >= 15 is 0 Å². The molecule has 0 aliphatic rings. The molecule has 0 heterocycles. The van der Waals surface area contributed by atoms with Crippen LogP contribution in [0, 0.1) is 11.8 Å². The molecule has 0 amide bonds. The van der Waals surface area contributed by atoms with E-state index in [0.717, 1.165) is 11.1 Å². The molecule has 6 aromatic rings. The zero-order valence-electron chi connectivity index (χ0n) is 18.7. The lowest BCUT2D eigenvalue weighted by molar-refractivity contribution is 0.590. The molecule has 0 atom stereocenters. The van der Waals surface area contributed by atoms with Gasteiger partial charge in [0.15, 0.2) is 0 Å². The van der Waals surface area contributed by atoms with Gasteiger partial charge in [-0.3, -0.25) is 0 Å². The zero-order valence-corrected chi connectivity index (χ0v) is 18.7. The molecule has 0 N–H and O–H groups in total. The number of hydrogen-bond acceptors (Lipinski definition) is 0. The number of hydrogen-bond donors (Lipinski definition) is 0. The van der Waals surface area contributed by atoms with Gasteiger partial charge in [-0.05, 0) is 72.3 Å². The summed E-state index contributed by atoms with van der Waals surface area (Å²) in [5.74, 6) is 6.86. The molecule has 6 aromatic carbocycles. The summed E-state index contributed by atoms with van der Waals surface area (Å²) in [5, 5.41) is 10.4. The highest BCUT2D eigenvalue weighted by atomic mass is 14.2. The molecule has 0 saturated heterocycles. The first-order valence-electron chi connectivity index (χ1n) is 11.2. The van der Waals surface area contributed by atoms with E-state index in [1.54, 1.807) is 0 Å². The van der Waals surface area contributed by atoms with E-state index in [-0.39, 0.29) is 5.41 Å². The Bertz CT molecular complexity index is 1630. The van der Waals surface area contributed by atoms with Gasteiger partial charge in [-0.25, -0.2) is 0 Å². The minimum Gasteiger partial charge on any atom is -0.0616 e. The Morgan fingerprint density at radius 2 is 1.06 bits per heavy atom. The Morgan fingerprint density at radius 1 is 0.500 bits per heavy atom. The second-order valence-electron chi connectivity index (χ2n) is 9.68. The summed E-state index contributed by atoms with van der Waals surface area (Å²) >= 11 is 0. The predicted molar refractivity (Wildman–Crippen MR) is 139 cm³/mol. The second-order valence-corrected chi connectivity index (χ2v) is 9.68. The van der Waals surface area contributed by atoms with Gasteiger partial charge in [0.25, 0.3) is 0 Å². The first kappa shape index (κ1) is 18.9. The van der Waals surface area contributed by atoms with Crippen LogP contribution in [0.1, 0.15) is 37.5 Å². The molecule has 0 spiro atoms. The van der Waals surface area contributed by atoms with Gasteiger partial charge in [0.2, 0.25) is 0 Å². The fourth-order valence-corrected chi connectivity index (χ4v) is 4.95. The fourth-order valence-electron chi connectivity index (χ4n) is 4.95. The van der Waals surface area contributed by atoms with Gasteiger partial charge in [-0.15, -0.1) is 0 Å². The lowest BCUT2D eigenvalue weighted by Gasteiger charge is -2.18. The molecule has 0 aliphatic carbocycles.